The molecule has 2 aromatic rings. The van der Waals surface area contributed by atoms with Crippen LogP contribution >= 0.6 is 0 Å². The number of ether oxygens (including phenoxy) is 2. The van der Waals surface area contributed by atoms with Crippen molar-refractivity contribution < 1.29 is 18.7 Å². The lowest BCUT2D eigenvalue weighted by Crippen LogP contribution is -2.52. The highest BCUT2D eigenvalue weighted by atomic mass is 19.1. The Labute approximate surface area is 178 Å². The van der Waals surface area contributed by atoms with E-state index in [1.165, 1.54) is 6.07 Å². The van der Waals surface area contributed by atoms with Gasteiger partial charge in [-0.1, -0.05) is 13.8 Å². The van der Waals surface area contributed by atoms with Crippen LogP contribution in [-0.4, -0.2) is 33.8 Å². The SMILES string of the molecule is Cc1nccc(-c2ccc(OC[C@](C)(CC(C)C)NC(=O)OC(C)(C)C)c(F)c2)n1. The number of aromatic nitrogens is 2. The highest BCUT2D eigenvalue weighted by molar-refractivity contribution is 5.68. The number of carbonyl (C=O) groups excluding carboxylic acids is 1. The fraction of sp³-hybridized carbons (Fsp3) is 0.522. The highest BCUT2D eigenvalue weighted by Crippen LogP contribution is 2.26. The summed E-state index contributed by atoms with van der Waals surface area (Å²) in [5.41, 5.74) is -0.0394. The van der Waals surface area contributed by atoms with Gasteiger partial charge >= 0.3 is 6.09 Å². The molecule has 0 fully saturated rings. The average molecular weight is 418 g/mol. The number of alkyl carbamates (subject to hydrolysis) is 1. The Bertz CT molecular complexity index is 880. The second-order valence-corrected chi connectivity index (χ2v) is 9.21. The molecule has 1 heterocycles. The van der Waals surface area contributed by atoms with Crippen LogP contribution in [0.2, 0.25) is 0 Å². The van der Waals surface area contributed by atoms with E-state index in [2.05, 4.69) is 15.3 Å². The Hall–Kier alpha value is -2.70. The van der Waals surface area contributed by atoms with Crippen molar-refractivity contribution in [3.63, 3.8) is 0 Å². The summed E-state index contributed by atoms with van der Waals surface area (Å²) in [6.07, 6.45) is 1.76. The van der Waals surface area contributed by atoms with Crippen LogP contribution in [0.25, 0.3) is 11.3 Å². The zero-order valence-corrected chi connectivity index (χ0v) is 18.9. The third-order valence-electron chi connectivity index (χ3n) is 4.21. The van der Waals surface area contributed by atoms with Gasteiger partial charge < -0.3 is 14.8 Å². The molecule has 6 nitrogen and oxygen atoms in total. The normalized spacial score (nSPS) is 13.6. The van der Waals surface area contributed by atoms with Gasteiger partial charge in [-0.2, -0.15) is 0 Å². The van der Waals surface area contributed by atoms with Gasteiger partial charge in [0, 0.05) is 11.8 Å². The van der Waals surface area contributed by atoms with E-state index in [4.69, 9.17) is 9.47 Å². The molecule has 30 heavy (non-hydrogen) atoms. The maximum absolute atomic E-state index is 14.7. The number of carbonyl (C=O) groups is 1. The van der Waals surface area contributed by atoms with Gasteiger partial charge in [-0.25, -0.2) is 19.2 Å². The summed E-state index contributed by atoms with van der Waals surface area (Å²) in [4.78, 5) is 20.7. The Balaban J connectivity index is 2.13. The van der Waals surface area contributed by atoms with Crippen molar-refractivity contribution >= 4 is 6.09 Å². The van der Waals surface area contributed by atoms with E-state index in [9.17, 15) is 9.18 Å². The van der Waals surface area contributed by atoms with E-state index in [1.54, 1.807) is 52.1 Å². The van der Waals surface area contributed by atoms with E-state index >= 15 is 0 Å². The number of nitrogens with one attached hydrogen (secondary N) is 1. The van der Waals surface area contributed by atoms with Crippen molar-refractivity contribution in [2.45, 2.75) is 66.0 Å². The van der Waals surface area contributed by atoms with Gasteiger partial charge in [0.25, 0.3) is 0 Å². The van der Waals surface area contributed by atoms with Crippen molar-refractivity contribution in [1.82, 2.24) is 15.3 Å². The Morgan fingerprint density at radius 2 is 1.90 bits per heavy atom. The molecule has 2 rings (SSSR count). The first-order valence-electron chi connectivity index (χ1n) is 10.1. The number of halogens is 1. The first-order valence-corrected chi connectivity index (χ1v) is 10.1. The lowest BCUT2D eigenvalue weighted by molar-refractivity contribution is 0.0406. The van der Waals surface area contributed by atoms with Gasteiger partial charge in [-0.15, -0.1) is 0 Å². The first-order chi connectivity index (χ1) is 13.9. The van der Waals surface area contributed by atoms with Gasteiger partial charge in [0.2, 0.25) is 0 Å². The maximum Gasteiger partial charge on any atom is 0.408 e. The van der Waals surface area contributed by atoms with Crippen LogP contribution in [0.4, 0.5) is 9.18 Å². The molecule has 164 valence electrons. The predicted molar refractivity (Wildman–Crippen MR) is 115 cm³/mol. The lowest BCUT2D eigenvalue weighted by Gasteiger charge is -2.33. The van der Waals surface area contributed by atoms with Crippen LogP contribution in [0.15, 0.2) is 30.5 Å². The van der Waals surface area contributed by atoms with Crippen LogP contribution in [0.3, 0.4) is 0 Å². The molecule has 0 saturated carbocycles. The fourth-order valence-electron chi connectivity index (χ4n) is 3.23. The molecule has 0 bridgehead atoms. The van der Waals surface area contributed by atoms with Gasteiger partial charge in [0.15, 0.2) is 11.6 Å². The monoisotopic (exact) mass is 417 g/mol. The minimum Gasteiger partial charge on any atom is -0.488 e. The van der Waals surface area contributed by atoms with Crippen LogP contribution in [0, 0.1) is 18.7 Å². The predicted octanol–water partition coefficient (Wildman–Crippen LogP) is 5.30. The summed E-state index contributed by atoms with van der Waals surface area (Å²) < 4.78 is 25.8. The summed E-state index contributed by atoms with van der Waals surface area (Å²) in [6.45, 7) is 13.3. The number of hydrogen-bond donors (Lipinski definition) is 1. The van der Waals surface area contributed by atoms with Crippen LogP contribution < -0.4 is 10.1 Å². The minimum absolute atomic E-state index is 0.104. The molecule has 0 aliphatic heterocycles. The topological polar surface area (TPSA) is 73.3 Å². The molecule has 0 unspecified atom stereocenters. The molecule has 1 N–H and O–H groups in total. The summed E-state index contributed by atoms with van der Waals surface area (Å²) in [5.74, 6) is 0.533. The maximum atomic E-state index is 14.7. The second kappa shape index (κ2) is 9.41. The lowest BCUT2D eigenvalue weighted by atomic mass is 9.91. The number of benzene rings is 1. The summed E-state index contributed by atoms with van der Waals surface area (Å²) >= 11 is 0. The van der Waals surface area contributed by atoms with E-state index < -0.39 is 23.1 Å². The van der Waals surface area contributed by atoms with Gasteiger partial charge in [0.1, 0.15) is 18.0 Å². The zero-order valence-electron chi connectivity index (χ0n) is 18.9. The number of hydrogen-bond acceptors (Lipinski definition) is 5. The van der Waals surface area contributed by atoms with Crippen LogP contribution in [0.5, 0.6) is 5.75 Å². The molecular formula is C23H32FN3O3. The molecule has 0 aliphatic rings. The third-order valence-corrected chi connectivity index (χ3v) is 4.21. The minimum atomic E-state index is -0.717. The zero-order chi connectivity index (χ0) is 22.5. The van der Waals surface area contributed by atoms with Crippen LogP contribution in [0.1, 0.15) is 53.8 Å². The quantitative estimate of drug-likeness (QED) is 0.662. The van der Waals surface area contributed by atoms with Gasteiger partial charge in [0.05, 0.1) is 11.2 Å². The van der Waals surface area contributed by atoms with E-state index in [0.29, 0.717) is 29.4 Å². The third kappa shape index (κ3) is 7.28. The average Bonchev–Trinajstić information content (AvgIpc) is 2.58. The van der Waals surface area contributed by atoms with Gasteiger partial charge in [-0.05, 0) is 71.2 Å². The molecule has 0 aliphatic carbocycles. The van der Waals surface area contributed by atoms with Crippen molar-refractivity contribution in [2.75, 3.05) is 6.61 Å². The van der Waals surface area contributed by atoms with E-state index in [0.717, 1.165) is 0 Å². The van der Waals surface area contributed by atoms with Crippen molar-refractivity contribution in [3.8, 4) is 17.0 Å². The molecular weight excluding hydrogens is 385 g/mol. The number of nitrogens with zero attached hydrogens (tertiary/aromatic N) is 2. The first kappa shape index (κ1) is 23.6. The molecule has 1 aromatic carbocycles. The van der Waals surface area contributed by atoms with E-state index in [1.807, 2.05) is 20.8 Å². The Kier molecular flexibility index (Phi) is 7.39. The smallest absolute Gasteiger partial charge is 0.408 e. The molecule has 0 radical (unpaired) electrons. The Morgan fingerprint density at radius 1 is 1.20 bits per heavy atom. The van der Waals surface area contributed by atoms with Gasteiger partial charge in [-0.3, -0.25) is 0 Å². The number of rotatable bonds is 7. The fourth-order valence-corrected chi connectivity index (χ4v) is 3.23. The van der Waals surface area contributed by atoms with Crippen molar-refractivity contribution in [1.29, 1.82) is 0 Å². The molecule has 1 amide bonds. The molecule has 1 atom stereocenters. The standard InChI is InChI=1S/C23H32FN3O3/c1-15(2)13-23(7,27-21(28)30-22(4,5)6)14-29-20-9-8-17(12-18(20)24)19-10-11-25-16(3)26-19/h8-12,15H,13-14H2,1-7H3,(H,27,28)/t23-/m0/s1. The molecule has 7 heteroatoms. The molecule has 1 aromatic heterocycles. The van der Waals surface area contributed by atoms with Crippen molar-refractivity contribution in [2.24, 2.45) is 5.92 Å². The highest BCUT2D eigenvalue weighted by Gasteiger charge is 2.31. The molecule has 0 saturated heterocycles. The summed E-state index contributed by atoms with van der Waals surface area (Å²) in [7, 11) is 0. The number of amides is 1. The van der Waals surface area contributed by atoms with Crippen LogP contribution in [-0.2, 0) is 4.74 Å². The Morgan fingerprint density at radius 3 is 2.47 bits per heavy atom. The number of aryl methyl sites for hydroxylation is 1. The van der Waals surface area contributed by atoms with E-state index in [-0.39, 0.29) is 12.4 Å². The molecule has 0 spiro atoms. The van der Waals surface area contributed by atoms with Crippen molar-refractivity contribution in [3.05, 3.63) is 42.1 Å². The summed E-state index contributed by atoms with van der Waals surface area (Å²) in [5, 5.41) is 2.89. The second-order valence-electron chi connectivity index (χ2n) is 9.21. The summed E-state index contributed by atoms with van der Waals surface area (Å²) in [6, 6.07) is 6.44. The largest absolute Gasteiger partial charge is 0.488 e.